The Hall–Kier alpha value is -1.27. The standard InChI is InChI=1S/C11H8BrFN2OS/c1-6-5-14-11(17-6)15-10(16)7-2-8(12)4-9(13)3-7/h2-5H,1H3,(H,14,15,16). The van der Waals surface area contributed by atoms with Crippen LogP contribution >= 0.6 is 27.3 Å². The third-order valence-corrected chi connectivity index (χ3v) is 3.25. The minimum atomic E-state index is -0.458. The molecule has 0 saturated carbocycles. The molecule has 1 heterocycles. The number of aryl methyl sites for hydroxylation is 1. The molecule has 1 amide bonds. The molecule has 0 aliphatic rings. The summed E-state index contributed by atoms with van der Waals surface area (Å²) in [4.78, 5) is 16.8. The fourth-order valence-corrected chi connectivity index (χ4v) is 2.39. The van der Waals surface area contributed by atoms with E-state index in [1.165, 1.54) is 23.5 Å². The number of aromatic nitrogens is 1. The van der Waals surface area contributed by atoms with Gasteiger partial charge in [0.05, 0.1) is 0 Å². The third kappa shape index (κ3) is 3.10. The number of carbonyl (C=O) groups is 1. The van der Waals surface area contributed by atoms with E-state index >= 15 is 0 Å². The van der Waals surface area contributed by atoms with Gasteiger partial charge >= 0.3 is 0 Å². The second kappa shape index (κ2) is 4.93. The summed E-state index contributed by atoms with van der Waals surface area (Å²) in [5.74, 6) is -0.834. The summed E-state index contributed by atoms with van der Waals surface area (Å²) in [6, 6.07) is 4.03. The number of halogens is 2. The van der Waals surface area contributed by atoms with Gasteiger partial charge in [-0.05, 0) is 25.1 Å². The summed E-state index contributed by atoms with van der Waals surface area (Å²) in [6.45, 7) is 1.89. The number of anilines is 1. The zero-order chi connectivity index (χ0) is 12.4. The van der Waals surface area contributed by atoms with Gasteiger partial charge in [-0.25, -0.2) is 9.37 Å². The predicted molar refractivity (Wildman–Crippen MR) is 68.9 cm³/mol. The Bertz CT molecular complexity index is 550. The minimum absolute atomic E-state index is 0.254. The topological polar surface area (TPSA) is 42.0 Å². The zero-order valence-corrected chi connectivity index (χ0v) is 11.2. The highest BCUT2D eigenvalue weighted by atomic mass is 79.9. The fraction of sp³-hybridized carbons (Fsp3) is 0.0909. The monoisotopic (exact) mass is 314 g/mol. The number of hydrogen-bond acceptors (Lipinski definition) is 3. The summed E-state index contributed by atoms with van der Waals surface area (Å²) >= 11 is 4.51. The maximum atomic E-state index is 13.1. The molecular formula is C11H8BrFN2OS. The Morgan fingerprint density at radius 2 is 2.24 bits per heavy atom. The van der Waals surface area contributed by atoms with Crippen molar-refractivity contribution in [1.29, 1.82) is 0 Å². The Balaban J connectivity index is 2.19. The third-order valence-electron chi connectivity index (χ3n) is 1.97. The summed E-state index contributed by atoms with van der Waals surface area (Å²) in [5.41, 5.74) is 0.254. The first kappa shape index (κ1) is 12.2. The minimum Gasteiger partial charge on any atom is -0.298 e. The molecule has 1 aromatic heterocycles. The molecule has 88 valence electrons. The smallest absolute Gasteiger partial charge is 0.257 e. The molecule has 1 aromatic carbocycles. The molecule has 3 nitrogen and oxygen atoms in total. The van der Waals surface area contributed by atoms with Crippen molar-refractivity contribution in [3.8, 4) is 0 Å². The molecule has 6 heteroatoms. The van der Waals surface area contributed by atoms with Crippen LogP contribution in [0.25, 0.3) is 0 Å². The van der Waals surface area contributed by atoms with Crippen LogP contribution in [-0.4, -0.2) is 10.9 Å². The van der Waals surface area contributed by atoms with Crippen LogP contribution in [0.15, 0.2) is 28.9 Å². The summed E-state index contributed by atoms with van der Waals surface area (Å²) in [6.07, 6.45) is 1.67. The van der Waals surface area contributed by atoms with E-state index in [9.17, 15) is 9.18 Å². The van der Waals surface area contributed by atoms with Gasteiger partial charge in [0.2, 0.25) is 0 Å². The molecule has 0 fully saturated rings. The number of carbonyl (C=O) groups excluding carboxylic acids is 1. The van der Waals surface area contributed by atoms with Crippen molar-refractivity contribution in [3.05, 3.63) is 45.1 Å². The lowest BCUT2D eigenvalue weighted by Gasteiger charge is -2.02. The van der Waals surface area contributed by atoms with Gasteiger partial charge < -0.3 is 0 Å². The number of thiazole rings is 1. The highest BCUT2D eigenvalue weighted by Gasteiger charge is 2.10. The van der Waals surface area contributed by atoms with Crippen molar-refractivity contribution in [3.63, 3.8) is 0 Å². The van der Waals surface area contributed by atoms with E-state index in [2.05, 4.69) is 26.2 Å². The number of amides is 1. The molecule has 2 aromatic rings. The van der Waals surface area contributed by atoms with E-state index in [4.69, 9.17) is 0 Å². The molecular weight excluding hydrogens is 307 g/mol. The molecule has 1 N–H and O–H groups in total. The van der Waals surface area contributed by atoms with E-state index in [0.29, 0.717) is 9.60 Å². The van der Waals surface area contributed by atoms with Crippen molar-refractivity contribution >= 4 is 38.3 Å². The van der Waals surface area contributed by atoms with Gasteiger partial charge in [-0.2, -0.15) is 0 Å². The number of hydrogen-bond donors (Lipinski definition) is 1. The van der Waals surface area contributed by atoms with E-state index < -0.39 is 5.82 Å². The van der Waals surface area contributed by atoms with Gasteiger partial charge in [0.15, 0.2) is 5.13 Å². The van der Waals surface area contributed by atoms with Crippen LogP contribution in [-0.2, 0) is 0 Å². The van der Waals surface area contributed by atoms with Crippen LogP contribution in [0.5, 0.6) is 0 Å². The molecule has 0 atom stereocenters. The van der Waals surface area contributed by atoms with E-state index in [1.54, 1.807) is 12.3 Å². The first-order valence-electron chi connectivity index (χ1n) is 4.74. The fourth-order valence-electron chi connectivity index (χ4n) is 1.27. The van der Waals surface area contributed by atoms with Crippen molar-refractivity contribution < 1.29 is 9.18 Å². The van der Waals surface area contributed by atoms with Crippen molar-refractivity contribution in [2.75, 3.05) is 5.32 Å². The molecule has 0 aliphatic carbocycles. The molecule has 0 spiro atoms. The van der Waals surface area contributed by atoms with Gasteiger partial charge in [-0.3, -0.25) is 10.1 Å². The lowest BCUT2D eigenvalue weighted by atomic mass is 10.2. The van der Waals surface area contributed by atoms with E-state index in [0.717, 1.165) is 4.88 Å². The second-order valence-corrected chi connectivity index (χ2v) is 5.54. The number of rotatable bonds is 2. The molecule has 17 heavy (non-hydrogen) atoms. The van der Waals surface area contributed by atoms with Crippen molar-refractivity contribution in [2.24, 2.45) is 0 Å². The van der Waals surface area contributed by atoms with Crippen molar-refractivity contribution in [1.82, 2.24) is 4.98 Å². The van der Waals surface area contributed by atoms with Gasteiger partial charge in [-0.1, -0.05) is 15.9 Å². The highest BCUT2D eigenvalue weighted by molar-refractivity contribution is 9.10. The van der Waals surface area contributed by atoms with Crippen LogP contribution in [0.4, 0.5) is 9.52 Å². The lowest BCUT2D eigenvalue weighted by Crippen LogP contribution is -2.11. The number of benzene rings is 1. The number of nitrogens with one attached hydrogen (secondary N) is 1. The van der Waals surface area contributed by atoms with Gasteiger partial charge in [-0.15, -0.1) is 11.3 Å². The average Bonchev–Trinajstić information content (AvgIpc) is 2.62. The first-order valence-corrected chi connectivity index (χ1v) is 6.35. The quantitative estimate of drug-likeness (QED) is 0.920. The summed E-state index contributed by atoms with van der Waals surface area (Å²) in [7, 11) is 0. The van der Waals surface area contributed by atoms with Crippen molar-refractivity contribution in [2.45, 2.75) is 6.92 Å². The van der Waals surface area contributed by atoms with Crippen LogP contribution < -0.4 is 5.32 Å². The molecule has 0 bridgehead atoms. The van der Waals surface area contributed by atoms with E-state index in [-0.39, 0.29) is 11.5 Å². The Morgan fingerprint density at radius 3 is 2.82 bits per heavy atom. The highest BCUT2D eigenvalue weighted by Crippen LogP contribution is 2.19. The lowest BCUT2D eigenvalue weighted by molar-refractivity contribution is 0.102. The normalized spacial score (nSPS) is 10.3. The van der Waals surface area contributed by atoms with Gasteiger partial charge in [0.25, 0.3) is 5.91 Å². The largest absolute Gasteiger partial charge is 0.298 e. The zero-order valence-electron chi connectivity index (χ0n) is 8.83. The molecule has 0 aliphatic heterocycles. The SMILES string of the molecule is Cc1cnc(NC(=O)c2cc(F)cc(Br)c2)s1. The predicted octanol–water partition coefficient (Wildman–Crippen LogP) is 3.61. The van der Waals surface area contributed by atoms with Crippen LogP contribution in [0.1, 0.15) is 15.2 Å². The molecule has 0 unspecified atom stereocenters. The first-order chi connectivity index (χ1) is 8.04. The second-order valence-electron chi connectivity index (χ2n) is 3.39. The van der Waals surface area contributed by atoms with Gasteiger partial charge in [0.1, 0.15) is 5.82 Å². The maximum Gasteiger partial charge on any atom is 0.257 e. The maximum absolute atomic E-state index is 13.1. The van der Waals surface area contributed by atoms with Gasteiger partial charge in [0, 0.05) is 21.1 Å². The molecule has 0 saturated heterocycles. The van der Waals surface area contributed by atoms with Crippen LogP contribution in [0.2, 0.25) is 0 Å². The molecule has 0 radical (unpaired) electrons. The summed E-state index contributed by atoms with van der Waals surface area (Å²) < 4.78 is 13.6. The Morgan fingerprint density at radius 1 is 1.47 bits per heavy atom. The van der Waals surface area contributed by atoms with E-state index in [1.807, 2.05) is 6.92 Å². The number of nitrogens with zero attached hydrogens (tertiary/aromatic N) is 1. The molecule has 2 rings (SSSR count). The Labute approximate surface area is 110 Å². The van der Waals surface area contributed by atoms with Crippen LogP contribution in [0, 0.1) is 12.7 Å². The average molecular weight is 315 g/mol. The van der Waals surface area contributed by atoms with Crippen LogP contribution in [0.3, 0.4) is 0 Å². The Kier molecular flexibility index (Phi) is 3.54. The summed E-state index contributed by atoms with van der Waals surface area (Å²) in [5, 5.41) is 3.12.